The Kier molecular flexibility index (Phi) is 5.53. The maximum absolute atomic E-state index is 12.3. The Hall–Kier alpha value is -1.14. The van der Waals surface area contributed by atoms with Gasteiger partial charge in [0.15, 0.2) is 0 Å². The lowest BCUT2D eigenvalue weighted by atomic mass is 10.0. The first-order valence-electron chi connectivity index (χ1n) is 7.18. The SMILES string of the molecule is CC(C)(C)NC(=O)CNC(=O)C(C)(C)N1CCNCC1. The number of hydrogen-bond donors (Lipinski definition) is 3. The Morgan fingerprint density at radius 2 is 1.65 bits per heavy atom. The van der Waals surface area contributed by atoms with Gasteiger partial charge in [-0.3, -0.25) is 14.5 Å². The van der Waals surface area contributed by atoms with Gasteiger partial charge in [-0.15, -0.1) is 0 Å². The molecule has 0 aliphatic carbocycles. The zero-order valence-corrected chi connectivity index (χ0v) is 13.3. The van der Waals surface area contributed by atoms with Crippen LogP contribution in [0.1, 0.15) is 34.6 Å². The van der Waals surface area contributed by atoms with Gasteiger partial charge in [0.2, 0.25) is 11.8 Å². The van der Waals surface area contributed by atoms with Crippen molar-refractivity contribution in [2.45, 2.75) is 45.7 Å². The van der Waals surface area contributed by atoms with Crippen LogP contribution in [0.5, 0.6) is 0 Å². The van der Waals surface area contributed by atoms with Crippen molar-refractivity contribution in [3.63, 3.8) is 0 Å². The first kappa shape index (κ1) is 16.9. The number of rotatable bonds is 4. The number of nitrogens with zero attached hydrogens (tertiary/aromatic N) is 1. The molecule has 2 amide bonds. The summed E-state index contributed by atoms with van der Waals surface area (Å²) in [7, 11) is 0. The Labute approximate surface area is 121 Å². The third-order valence-corrected chi connectivity index (χ3v) is 3.39. The fraction of sp³-hybridized carbons (Fsp3) is 0.857. The number of amides is 2. The predicted octanol–water partition coefficient (Wildman–Crippen LogP) is -0.299. The molecule has 1 fully saturated rings. The molecular weight excluding hydrogens is 256 g/mol. The second kappa shape index (κ2) is 6.54. The summed E-state index contributed by atoms with van der Waals surface area (Å²) in [6.45, 7) is 13.0. The van der Waals surface area contributed by atoms with Gasteiger partial charge < -0.3 is 16.0 Å². The van der Waals surface area contributed by atoms with Gasteiger partial charge >= 0.3 is 0 Å². The fourth-order valence-corrected chi connectivity index (χ4v) is 2.21. The normalized spacial score (nSPS) is 17.6. The molecule has 3 N–H and O–H groups in total. The molecule has 1 saturated heterocycles. The summed E-state index contributed by atoms with van der Waals surface area (Å²) in [5.41, 5.74) is -0.875. The highest BCUT2D eigenvalue weighted by Gasteiger charge is 2.35. The van der Waals surface area contributed by atoms with Gasteiger partial charge in [0.05, 0.1) is 12.1 Å². The van der Waals surface area contributed by atoms with Crippen molar-refractivity contribution < 1.29 is 9.59 Å². The molecule has 0 aromatic heterocycles. The minimum atomic E-state index is -0.593. The minimum Gasteiger partial charge on any atom is -0.350 e. The summed E-state index contributed by atoms with van der Waals surface area (Å²) in [6.07, 6.45) is 0. The van der Waals surface area contributed by atoms with E-state index >= 15 is 0 Å². The Morgan fingerprint density at radius 3 is 2.15 bits per heavy atom. The van der Waals surface area contributed by atoms with Gasteiger partial charge in [0, 0.05) is 31.7 Å². The average molecular weight is 284 g/mol. The van der Waals surface area contributed by atoms with Gasteiger partial charge in [-0.05, 0) is 34.6 Å². The van der Waals surface area contributed by atoms with Gasteiger partial charge in [-0.2, -0.15) is 0 Å². The number of carbonyl (C=O) groups is 2. The monoisotopic (exact) mass is 284 g/mol. The molecule has 0 radical (unpaired) electrons. The highest BCUT2D eigenvalue weighted by Crippen LogP contribution is 2.15. The van der Waals surface area contributed by atoms with E-state index in [4.69, 9.17) is 0 Å². The van der Waals surface area contributed by atoms with Gasteiger partial charge in [-0.1, -0.05) is 0 Å². The minimum absolute atomic E-state index is 0.0195. The van der Waals surface area contributed by atoms with Crippen molar-refractivity contribution in [1.29, 1.82) is 0 Å². The zero-order chi connectivity index (χ0) is 15.4. The first-order valence-corrected chi connectivity index (χ1v) is 7.18. The lowest BCUT2D eigenvalue weighted by Crippen LogP contribution is -2.60. The smallest absolute Gasteiger partial charge is 0.240 e. The van der Waals surface area contributed by atoms with Crippen LogP contribution in [0.25, 0.3) is 0 Å². The molecular formula is C14H28N4O2. The molecule has 6 nitrogen and oxygen atoms in total. The highest BCUT2D eigenvalue weighted by atomic mass is 16.2. The standard InChI is InChI=1S/C14H28N4O2/c1-13(2,3)17-11(19)10-16-12(20)14(4,5)18-8-6-15-7-9-18/h15H,6-10H2,1-5H3,(H,16,20)(H,17,19). The van der Waals surface area contributed by atoms with Gasteiger partial charge in [0.1, 0.15) is 0 Å². The second-order valence-corrected chi connectivity index (χ2v) is 6.78. The summed E-state index contributed by atoms with van der Waals surface area (Å²) in [6, 6.07) is 0. The van der Waals surface area contributed by atoms with E-state index in [0.29, 0.717) is 0 Å². The summed E-state index contributed by atoms with van der Waals surface area (Å²) in [5.74, 6) is -0.273. The number of carbonyl (C=O) groups excluding carboxylic acids is 2. The molecule has 0 aromatic rings. The molecule has 1 aliphatic heterocycles. The summed E-state index contributed by atoms with van der Waals surface area (Å²) in [4.78, 5) is 26.1. The first-order chi connectivity index (χ1) is 9.13. The van der Waals surface area contributed by atoms with Crippen LogP contribution in [0.2, 0.25) is 0 Å². The van der Waals surface area contributed by atoms with Gasteiger partial charge in [-0.25, -0.2) is 0 Å². The zero-order valence-electron chi connectivity index (χ0n) is 13.3. The molecule has 0 saturated carbocycles. The van der Waals surface area contributed by atoms with Gasteiger partial charge in [0.25, 0.3) is 0 Å². The maximum Gasteiger partial charge on any atom is 0.240 e. The molecule has 0 aromatic carbocycles. The van der Waals surface area contributed by atoms with Crippen LogP contribution in [0.15, 0.2) is 0 Å². The van der Waals surface area contributed by atoms with Crippen molar-refractivity contribution >= 4 is 11.8 Å². The second-order valence-electron chi connectivity index (χ2n) is 6.78. The highest BCUT2D eigenvalue weighted by molar-refractivity contribution is 5.89. The Balaban J connectivity index is 2.46. The number of nitrogens with one attached hydrogen (secondary N) is 3. The van der Waals surface area contributed by atoms with Crippen LogP contribution in [0, 0.1) is 0 Å². The maximum atomic E-state index is 12.3. The van der Waals surface area contributed by atoms with Crippen LogP contribution in [0.4, 0.5) is 0 Å². The Bertz CT molecular complexity index is 355. The molecule has 0 spiro atoms. The average Bonchev–Trinajstić information content (AvgIpc) is 2.35. The molecule has 1 rings (SSSR count). The molecule has 1 heterocycles. The van der Waals surface area contributed by atoms with Crippen molar-refractivity contribution in [3.05, 3.63) is 0 Å². The van der Waals surface area contributed by atoms with E-state index in [1.165, 1.54) is 0 Å². The molecule has 116 valence electrons. The van der Waals surface area contributed by atoms with Crippen LogP contribution in [0.3, 0.4) is 0 Å². The van der Waals surface area contributed by atoms with E-state index in [-0.39, 0.29) is 23.9 Å². The third kappa shape index (κ3) is 5.09. The van der Waals surface area contributed by atoms with E-state index in [9.17, 15) is 9.59 Å². The number of hydrogen-bond acceptors (Lipinski definition) is 4. The molecule has 0 unspecified atom stereocenters. The summed E-state index contributed by atoms with van der Waals surface area (Å²) in [5, 5.41) is 8.82. The van der Waals surface area contributed by atoms with Crippen molar-refractivity contribution in [2.75, 3.05) is 32.7 Å². The van der Waals surface area contributed by atoms with Crippen molar-refractivity contribution in [1.82, 2.24) is 20.9 Å². The van der Waals surface area contributed by atoms with Crippen molar-refractivity contribution in [3.8, 4) is 0 Å². The molecule has 1 aliphatic rings. The predicted molar refractivity (Wildman–Crippen MR) is 79.4 cm³/mol. The largest absolute Gasteiger partial charge is 0.350 e. The van der Waals surface area contributed by atoms with Crippen molar-refractivity contribution in [2.24, 2.45) is 0 Å². The Morgan fingerprint density at radius 1 is 1.10 bits per heavy atom. The molecule has 6 heteroatoms. The van der Waals surface area contributed by atoms with E-state index in [1.54, 1.807) is 0 Å². The van der Waals surface area contributed by atoms with E-state index in [0.717, 1.165) is 26.2 Å². The number of piperazine rings is 1. The van der Waals surface area contributed by atoms with E-state index in [1.807, 2.05) is 34.6 Å². The van der Waals surface area contributed by atoms with Crippen LogP contribution in [-0.4, -0.2) is 60.5 Å². The molecule has 0 bridgehead atoms. The van der Waals surface area contributed by atoms with E-state index in [2.05, 4.69) is 20.9 Å². The fourth-order valence-electron chi connectivity index (χ4n) is 2.21. The van der Waals surface area contributed by atoms with Crippen LogP contribution >= 0.6 is 0 Å². The lowest BCUT2D eigenvalue weighted by molar-refractivity contribution is -0.134. The van der Waals surface area contributed by atoms with Crippen LogP contribution < -0.4 is 16.0 Å². The molecule has 20 heavy (non-hydrogen) atoms. The van der Waals surface area contributed by atoms with Crippen LogP contribution in [-0.2, 0) is 9.59 Å². The topological polar surface area (TPSA) is 73.5 Å². The summed E-state index contributed by atoms with van der Waals surface area (Å²) >= 11 is 0. The third-order valence-electron chi connectivity index (χ3n) is 3.39. The molecule has 0 atom stereocenters. The van der Waals surface area contributed by atoms with E-state index < -0.39 is 5.54 Å². The quantitative estimate of drug-likeness (QED) is 0.663. The summed E-state index contributed by atoms with van der Waals surface area (Å²) < 4.78 is 0. The lowest BCUT2D eigenvalue weighted by Gasteiger charge is -2.39.